The highest BCUT2D eigenvalue weighted by molar-refractivity contribution is 8.00. The summed E-state index contributed by atoms with van der Waals surface area (Å²) >= 11 is 1.44. The number of nitrogens with one attached hydrogen (secondary N) is 2. The van der Waals surface area contributed by atoms with Crippen molar-refractivity contribution in [3.05, 3.63) is 48.5 Å². The third-order valence-corrected chi connectivity index (χ3v) is 4.01. The minimum absolute atomic E-state index is 0.0740. The summed E-state index contributed by atoms with van der Waals surface area (Å²) in [5, 5.41) is 5.55. The molecule has 2 aromatic rings. The molecule has 2 amide bonds. The second-order valence-electron chi connectivity index (χ2n) is 5.00. The zero-order valence-corrected chi connectivity index (χ0v) is 14.5. The van der Waals surface area contributed by atoms with Gasteiger partial charge < -0.3 is 15.4 Å². The van der Waals surface area contributed by atoms with E-state index < -0.39 is 0 Å². The molecule has 126 valence electrons. The first-order chi connectivity index (χ1) is 11.6. The first-order valence-corrected chi connectivity index (χ1v) is 8.58. The van der Waals surface area contributed by atoms with Gasteiger partial charge in [0.05, 0.1) is 12.4 Å². The van der Waals surface area contributed by atoms with Crippen molar-refractivity contribution in [2.45, 2.75) is 18.7 Å². The van der Waals surface area contributed by atoms with Gasteiger partial charge in [-0.15, -0.1) is 11.8 Å². The highest BCUT2D eigenvalue weighted by Gasteiger charge is 2.05. The molecule has 5 nitrogen and oxygen atoms in total. The Morgan fingerprint density at radius 2 is 1.54 bits per heavy atom. The van der Waals surface area contributed by atoms with Crippen LogP contribution < -0.4 is 15.4 Å². The molecule has 0 aliphatic rings. The summed E-state index contributed by atoms with van der Waals surface area (Å²) in [5.74, 6) is 0.913. The van der Waals surface area contributed by atoms with E-state index in [1.807, 2.05) is 55.5 Å². The van der Waals surface area contributed by atoms with Crippen LogP contribution in [-0.2, 0) is 9.59 Å². The first-order valence-electron chi connectivity index (χ1n) is 7.60. The number of ether oxygens (including phenoxy) is 1. The molecule has 2 aromatic carbocycles. The average molecular weight is 344 g/mol. The lowest BCUT2D eigenvalue weighted by Crippen LogP contribution is -2.13. The fraction of sp³-hybridized carbons (Fsp3) is 0.222. The topological polar surface area (TPSA) is 67.4 Å². The Hall–Kier alpha value is -2.47. The van der Waals surface area contributed by atoms with Gasteiger partial charge in [0.2, 0.25) is 11.8 Å². The van der Waals surface area contributed by atoms with Gasteiger partial charge in [0.15, 0.2) is 0 Å². The van der Waals surface area contributed by atoms with Crippen LogP contribution in [0.3, 0.4) is 0 Å². The molecule has 0 heterocycles. The van der Waals surface area contributed by atoms with Gasteiger partial charge in [0.1, 0.15) is 5.75 Å². The van der Waals surface area contributed by atoms with E-state index in [-0.39, 0.29) is 11.8 Å². The van der Waals surface area contributed by atoms with Crippen molar-refractivity contribution >= 4 is 35.0 Å². The molecule has 0 saturated heterocycles. The zero-order chi connectivity index (χ0) is 17.4. The van der Waals surface area contributed by atoms with Gasteiger partial charge in [-0.05, 0) is 55.5 Å². The van der Waals surface area contributed by atoms with Gasteiger partial charge in [-0.2, -0.15) is 0 Å². The summed E-state index contributed by atoms with van der Waals surface area (Å²) in [5.41, 5.74) is 1.48. The standard InChI is InChI=1S/C18H20N2O3S/c1-3-23-16-8-4-15(5-9-16)20-18(22)12-24-17-10-6-14(7-11-17)19-13(2)21/h4-11H,3,12H2,1-2H3,(H,19,21)(H,20,22). The molecular formula is C18H20N2O3S. The number of thioether (sulfide) groups is 1. The molecule has 0 bridgehead atoms. The summed E-state index contributed by atoms with van der Waals surface area (Å²) in [6.45, 7) is 4.01. The van der Waals surface area contributed by atoms with Gasteiger partial charge in [-0.25, -0.2) is 0 Å². The van der Waals surface area contributed by atoms with E-state index in [4.69, 9.17) is 4.74 Å². The van der Waals surface area contributed by atoms with Gasteiger partial charge in [-0.3, -0.25) is 9.59 Å². The Kier molecular flexibility index (Phi) is 6.69. The molecule has 0 aliphatic carbocycles. The van der Waals surface area contributed by atoms with Gasteiger partial charge in [-0.1, -0.05) is 0 Å². The smallest absolute Gasteiger partial charge is 0.234 e. The Bertz CT molecular complexity index is 684. The van der Waals surface area contributed by atoms with Crippen LogP contribution in [0.4, 0.5) is 11.4 Å². The van der Waals surface area contributed by atoms with Crippen LogP contribution in [-0.4, -0.2) is 24.2 Å². The van der Waals surface area contributed by atoms with Crippen molar-refractivity contribution in [1.29, 1.82) is 0 Å². The fourth-order valence-corrected chi connectivity index (χ4v) is 2.68. The van der Waals surface area contributed by atoms with Crippen LogP contribution >= 0.6 is 11.8 Å². The first kappa shape index (κ1) is 17.9. The normalized spacial score (nSPS) is 10.1. The maximum absolute atomic E-state index is 12.0. The second-order valence-corrected chi connectivity index (χ2v) is 6.05. The number of anilines is 2. The van der Waals surface area contributed by atoms with Crippen LogP contribution in [0.2, 0.25) is 0 Å². The monoisotopic (exact) mass is 344 g/mol. The number of amides is 2. The van der Waals surface area contributed by atoms with Gasteiger partial charge in [0.25, 0.3) is 0 Å². The Balaban J connectivity index is 1.81. The average Bonchev–Trinajstić information content (AvgIpc) is 2.56. The number of carbonyl (C=O) groups is 2. The molecule has 2 rings (SSSR count). The SMILES string of the molecule is CCOc1ccc(NC(=O)CSc2ccc(NC(C)=O)cc2)cc1. The van der Waals surface area contributed by atoms with Crippen LogP contribution in [0.1, 0.15) is 13.8 Å². The molecule has 0 unspecified atom stereocenters. The van der Waals surface area contributed by atoms with E-state index in [1.165, 1.54) is 18.7 Å². The van der Waals surface area contributed by atoms with Crippen molar-refractivity contribution in [1.82, 2.24) is 0 Å². The van der Waals surface area contributed by atoms with Crippen molar-refractivity contribution in [3.63, 3.8) is 0 Å². The molecule has 0 atom stereocenters. The molecule has 0 aromatic heterocycles. The van der Waals surface area contributed by atoms with Crippen molar-refractivity contribution < 1.29 is 14.3 Å². The van der Waals surface area contributed by atoms with Crippen LogP contribution in [0, 0.1) is 0 Å². The number of carbonyl (C=O) groups excluding carboxylic acids is 2. The lowest BCUT2D eigenvalue weighted by molar-refractivity contribution is -0.114. The molecule has 0 aliphatic heterocycles. The van der Waals surface area contributed by atoms with Gasteiger partial charge >= 0.3 is 0 Å². The summed E-state index contributed by atoms with van der Waals surface area (Å²) in [6, 6.07) is 14.7. The Morgan fingerprint density at radius 3 is 2.12 bits per heavy atom. The largest absolute Gasteiger partial charge is 0.494 e. The van der Waals surface area contributed by atoms with E-state index >= 15 is 0 Å². The molecule has 24 heavy (non-hydrogen) atoms. The predicted octanol–water partition coefficient (Wildman–Crippen LogP) is 3.77. The van der Waals surface area contributed by atoms with Crippen molar-refractivity contribution in [2.75, 3.05) is 23.0 Å². The molecule has 0 radical (unpaired) electrons. The molecule has 0 saturated carbocycles. The maximum Gasteiger partial charge on any atom is 0.234 e. The summed E-state index contributed by atoms with van der Waals surface area (Å²) < 4.78 is 5.36. The summed E-state index contributed by atoms with van der Waals surface area (Å²) in [4.78, 5) is 23.9. The second kappa shape index (κ2) is 8.98. The molecular weight excluding hydrogens is 324 g/mol. The van der Waals surface area contributed by atoms with Crippen LogP contribution in [0.25, 0.3) is 0 Å². The lowest BCUT2D eigenvalue weighted by Gasteiger charge is -2.07. The van der Waals surface area contributed by atoms with Crippen molar-refractivity contribution in [3.8, 4) is 5.75 Å². The number of rotatable bonds is 7. The Labute approximate surface area is 145 Å². The highest BCUT2D eigenvalue weighted by atomic mass is 32.2. The van der Waals surface area contributed by atoms with E-state index in [0.29, 0.717) is 12.4 Å². The molecule has 2 N–H and O–H groups in total. The Morgan fingerprint density at radius 1 is 0.958 bits per heavy atom. The molecule has 0 spiro atoms. The number of hydrogen-bond donors (Lipinski definition) is 2. The summed E-state index contributed by atoms with van der Waals surface area (Å²) in [7, 11) is 0. The fourth-order valence-electron chi connectivity index (χ4n) is 1.98. The molecule has 6 heteroatoms. The van der Waals surface area contributed by atoms with E-state index in [1.54, 1.807) is 0 Å². The predicted molar refractivity (Wildman–Crippen MR) is 97.7 cm³/mol. The summed E-state index contributed by atoms with van der Waals surface area (Å²) in [6.07, 6.45) is 0. The van der Waals surface area contributed by atoms with Crippen molar-refractivity contribution in [2.24, 2.45) is 0 Å². The highest BCUT2D eigenvalue weighted by Crippen LogP contribution is 2.21. The maximum atomic E-state index is 12.0. The minimum atomic E-state index is -0.106. The van der Waals surface area contributed by atoms with Crippen LogP contribution in [0.15, 0.2) is 53.4 Å². The van der Waals surface area contributed by atoms with Gasteiger partial charge in [0, 0.05) is 23.2 Å². The van der Waals surface area contributed by atoms with E-state index in [9.17, 15) is 9.59 Å². The van der Waals surface area contributed by atoms with E-state index in [2.05, 4.69) is 10.6 Å². The zero-order valence-electron chi connectivity index (χ0n) is 13.7. The third kappa shape index (κ3) is 5.96. The van der Waals surface area contributed by atoms with Crippen LogP contribution in [0.5, 0.6) is 5.75 Å². The number of benzene rings is 2. The lowest BCUT2D eigenvalue weighted by atomic mass is 10.3. The quantitative estimate of drug-likeness (QED) is 0.750. The third-order valence-electron chi connectivity index (χ3n) is 2.99. The molecule has 0 fully saturated rings. The number of hydrogen-bond acceptors (Lipinski definition) is 4. The van der Waals surface area contributed by atoms with E-state index in [0.717, 1.165) is 22.0 Å². The minimum Gasteiger partial charge on any atom is -0.494 e.